The summed E-state index contributed by atoms with van der Waals surface area (Å²) in [5.74, 6) is 0. The van der Waals surface area contributed by atoms with E-state index in [4.69, 9.17) is 0 Å². The molecule has 0 bridgehead atoms. The molecule has 1 nitrogen and oxygen atoms in total. The molecule has 1 N–H and O–H groups in total. The van der Waals surface area contributed by atoms with E-state index in [1.807, 2.05) is 0 Å². The van der Waals surface area contributed by atoms with Crippen molar-refractivity contribution in [2.24, 2.45) is 0 Å². The molecule has 255 valence electrons. The fourth-order valence-corrected chi connectivity index (χ4v) is 55.2. The van der Waals surface area contributed by atoms with Gasteiger partial charge in [0, 0.05) is 0 Å². The van der Waals surface area contributed by atoms with E-state index in [1.54, 1.807) is 16.7 Å². The Hall–Kier alpha value is 0.438. The normalized spacial score (nSPS) is 15.8. The van der Waals surface area contributed by atoms with Gasteiger partial charge in [-0.2, -0.15) is 0 Å². The Morgan fingerprint density at radius 2 is 0.711 bits per heavy atom. The molecular formula is C36H71OSeSi7. The first-order valence-corrected chi connectivity index (χ1v) is 43.2. The maximum atomic E-state index is 13.5. The average molecular weight is 796 g/mol. The van der Waals surface area contributed by atoms with E-state index in [2.05, 4.69) is 178 Å². The van der Waals surface area contributed by atoms with E-state index in [0.717, 1.165) is 0 Å². The van der Waals surface area contributed by atoms with Crippen molar-refractivity contribution in [1.29, 1.82) is 0 Å². The van der Waals surface area contributed by atoms with Crippen molar-refractivity contribution in [2.45, 2.75) is 154 Å². The standard InChI is InChI=1S/C36H71OSeSi7/c1-26-22-27(2)32(28(3)23-26)45(37,38)33-30(35(41(10,11)12)42(13,14)15)24-29(34(39(4,5)6)40(7,8)9)25-31(33)36(43(16,17)18)44(19,20)21/h22-25,34-37H,1-21H3. The van der Waals surface area contributed by atoms with Crippen LogP contribution in [0.5, 0.6) is 0 Å². The Labute approximate surface area is 295 Å². The van der Waals surface area contributed by atoms with Gasteiger partial charge < -0.3 is 0 Å². The Morgan fingerprint density at radius 1 is 0.444 bits per heavy atom. The molecule has 2 aromatic rings. The van der Waals surface area contributed by atoms with Gasteiger partial charge in [0.25, 0.3) is 0 Å². The number of aryl methyl sites for hydroxylation is 3. The van der Waals surface area contributed by atoms with Gasteiger partial charge in [-0.15, -0.1) is 0 Å². The topological polar surface area (TPSA) is 20.2 Å². The quantitative estimate of drug-likeness (QED) is 0.225. The van der Waals surface area contributed by atoms with Gasteiger partial charge in [-0.25, -0.2) is 0 Å². The second-order valence-electron chi connectivity index (χ2n) is 21.0. The molecular weight excluding hydrogens is 724 g/mol. The van der Waals surface area contributed by atoms with E-state index in [-0.39, 0.29) is 0 Å². The van der Waals surface area contributed by atoms with Gasteiger partial charge >= 0.3 is 298 Å². The molecule has 0 saturated carbocycles. The number of hydrogen-bond acceptors (Lipinski definition) is 1. The predicted octanol–water partition coefficient (Wildman–Crippen LogP) is 9.84. The van der Waals surface area contributed by atoms with Crippen molar-refractivity contribution in [1.82, 2.24) is 0 Å². The molecule has 0 fully saturated rings. The Balaban J connectivity index is 3.53. The molecule has 0 aliphatic heterocycles. The second kappa shape index (κ2) is 13.3. The first-order chi connectivity index (χ1) is 19.6. The number of rotatable bonds is 11. The summed E-state index contributed by atoms with van der Waals surface area (Å²) in [5.41, 5.74) is 8.54. The molecule has 9 heteroatoms. The summed E-state index contributed by atoms with van der Waals surface area (Å²) in [7, 11) is -9.95. The van der Waals surface area contributed by atoms with Crippen LogP contribution in [0.15, 0.2) is 24.3 Å². The molecule has 45 heavy (non-hydrogen) atoms. The van der Waals surface area contributed by atoms with Gasteiger partial charge in [0.05, 0.1) is 0 Å². The molecule has 1 unspecified atom stereocenters. The van der Waals surface area contributed by atoms with Crippen LogP contribution in [0.25, 0.3) is 0 Å². The SMILES string of the molecule is Cc1cc(C)c([Si](O)([Se])c2c(C([Si](C)(C)C)[Si](C)(C)C)cc(C([Si](C)(C)C)[Si](C)(C)C)cc2C([Si](C)(C)C)[Si](C)(C)C)c(C)c1. The fourth-order valence-electron chi connectivity index (χ4n) is 10.3. The maximum absolute atomic E-state index is 13.5. The van der Waals surface area contributed by atoms with Crippen LogP contribution in [0.4, 0.5) is 0 Å². The van der Waals surface area contributed by atoms with Crippen LogP contribution < -0.4 is 10.4 Å². The zero-order chi connectivity index (χ0) is 35.7. The van der Waals surface area contributed by atoms with Gasteiger partial charge in [0.1, 0.15) is 0 Å². The summed E-state index contributed by atoms with van der Waals surface area (Å²) in [5, 5.41) is 4.39. The number of benzene rings is 2. The average Bonchev–Trinajstić information content (AvgIpc) is 2.65. The molecule has 0 aliphatic rings. The Kier molecular flexibility index (Phi) is 12.3. The van der Waals surface area contributed by atoms with Crippen LogP contribution in [0, 0.1) is 20.8 Å². The van der Waals surface area contributed by atoms with E-state index < -0.39 is 55.4 Å². The first kappa shape index (κ1) is 41.6. The van der Waals surface area contributed by atoms with E-state index in [1.165, 1.54) is 27.1 Å². The van der Waals surface area contributed by atoms with Gasteiger partial charge in [-0.3, -0.25) is 0 Å². The first-order valence-electron chi connectivity index (χ1n) is 17.3. The van der Waals surface area contributed by atoms with Crippen LogP contribution in [0.1, 0.15) is 48.9 Å². The summed E-state index contributed by atoms with van der Waals surface area (Å²) in [6.07, 6.45) is 0. The van der Waals surface area contributed by atoms with Gasteiger partial charge in [-0.05, 0) is 0 Å². The van der Waals surface area contributed by atoms with Crippen molar-refractivity contribution in [2.75, 3.05) is 0 Å². The molecule has 0 aromatic heterocycles. The fraction of sp³-hybridized carbons (Fsp3) is 0.667. The van der Waals surface area contributed by atoms with Crippen LogP contribution in [-0.4, -0.2) is 75.5 Å². The summed E-state index contributed by atoms with van der Waals surface area (Å²) in [6, 6.07) is 10.1. The number of hydrogen-bond donors (Lipinski definition) is 1. The summed E-state index contributed by atoms with van der Waals surface area (Å²) in [4.78, 5) is 13.5. The van der Waals surface area contributed by atoms with Crippen molar-refractivity contribution in [3.05, 3.63) is 57.6 Å². The molecule has 0 saturated heterocycles. The monoisotopic (exact) mass is 795 g/mol. The van der Waals surface area contributed by atoms with Gasteiger partial charge in [0.15, 0.2) is 0 Å². The zero-order valence-corrected chi connectivity index (χ0v) is 42.1. The van der Waals surface area contributed by atoms with Crippen LogP contribution in [0.3, 0.4) is 0 Å². The third kappa shape index (κ3) is 9.37. The minimum absolute atomic E-state index is 0.560. The molecule has 0 amide bonds. The zero-order valence-electron chi connectivity index (χ0n) is 33.4. The Bertz CT molecular complexity index is 1260. The van der Waals surface area contributed by atoms with E-state index in [9.17, 15) is 4.80 Å². The minimum atomic E-state index is -3.26. The third-order valence-electron chi connectivity index (χ3n) is 9.73. The van der Waals surface area contributed by atoms with Crippen molar-refractivity contribution in [3.8, 4) is 0 Å². The third-order valence-corrected chi connectivity index (χ3v) is 42.9. The molecule has 0 spiro atoms. The van der Waals surface area contributed by atoms with Gasteiger partial charge in [-0.1, -0.05) is 0 Å². The predicted molar refractivity (Wildman–Crippen MR) is 228 cm³/mol. The second-order valence-corrected chi connectivity index (χ2v) is 60.6. The Morgan fingerprint density at radius 3 is 0.956 bits per heavy atom. The van der Waals surface area contributed by atoms with Crippen LogP contribution >= 0.6 is 0 Å². The summed E-state index contributed by atoms with van der Waals surface area (Å²) in [6.45, 7) is 50.4. The molecule has 2 rings (SSSR count). The van der Waals surface area contributed by atoms with E-state index in [0.29, 0.717) is 15.5 Å². The molecule has 1 radical (unpaired) electrons. The summed E-state index contributed by atoms with van der Waals surface area (Å²) < 4.78 is 0. The van der Waals surface area contributed by atoms with Crippen molar-refractivity contribution < 1.29 is 4.80 Å². The molecule has 0 heterocycles. The van der Waals surface area contributed by atoms with Gasteiger partial charge in [0.2, 0.25) is 0 Å². The van der Waals surface area contributed by atoms with Crippen LogP contribution in [-0.2, 0) is 0 Å². The molecule has 2 aromatic carbocycles. The molecule has 0 aliphatic carbocycles. The van der Waals surface area contributed by atoms with Crippen molar-refractivity contribution >= 4 is 81.1 Å². The van der Waals surface area contributed by atoms with Crippen LogP contribution in [0.2, 0.25) is 118 Å². The van der Waals surface area contributed by atoms with E-state index >= 15 is 0 Å². The van der Waals surface area contributed by atoms with Crippen molar-refractivity contribution in [3.63, 3.8) is 0 Å². The summed E-state index contributed by atoms with van der Waals surface area (Å²) >= 11 is 3.67. The molecule has 1 atom stereocenters.